The minimum Gasteiger partial charge on any atom is -0.481 e. The van der Waals surface area contributed by atoms with Crippen molar-refractivity contribution in [1.82, 2.24) is 4.90 Å². The molecule has 1 aliphatic carbocycles. The normalized spacial score (nSPS) is 19.6. The number of rotatable bonds is 3. The van der Waals surface area contributed by atoms with Crippen molar-refractivity contribution in [2.24, 2.45) is 5.92 Å². The molecule has 0 aliphatic heterocycles. The smallest absolute Gasteiger partial charge is 0.315 e. The van der Waals surface area contributed by atoms with Gasteiger partial charge in [0.15, 0.2) is 0 Å². The zero-order chi connectivity index (χ0) is 11.4. The summed E-state index contributed by atoms with van der Waals surface area (Å²) in [5, 5.41) is 8.75. The number of amides is 1. The summed E-state index contributed by atoms with van der Waals surface area (Å²) >= 11 is 0. The van der Waals surface area contributed by atoms with E-state index < -0.39 is 11.9 Å². The molecule has 15 heavy (non-hydrogen) atoms. The van der Waals surface area contributed by atoms with Gasteiger partial charge in [0.25, 0.3) is 0 Å². The van der Waals surface area contributed by atoms with Crippen LogP contribution in [0.15, 0.2) is 0 Å². The van der Waals surface area contributed by atoms with Gasteiger partial charge in [-0.15, -0.1) is 0 Å². The van der Waals surface area contributed by atoms with Crippen molar-refractivity contribution in [3.05, 3.63) is 0 Å². The fourth-order valence-electron chi connectivity index (χ4n) is 2.06. The van der Waals surface area contributed by atoms with E-state index in [1.807, 2.05) is 0 Å². The van der Waals surface area contributed by atoms with E-state index in [9.17, 15) is 9.59 Å². The van der Waals surface area contributed by atoms with Crippen molar-refractivity contribution in [2.75, 3.05) is 7.05 Å². The molecule has 4 heteroatoms. The van der Waals surface area contributed by atoms with Gasteiger partial charge in [0.05, 0.1) is 0 Å². The Morgan fingerprint density at radius 1 is 1.27 bits per heavy atom. The van der Waals surface area contributed by atoms with Crippen LogP contribution in [0.25, 0.3) is 0 Å². The fourth-order valence-corrected chi connectivity index (χ4v) is 2.06. The van der Waals surface area contributed by atoms with Gasteiger partial charge in [-0.2, -0.15) is 0 Å². The first kappa shape index (κ1) is 12.0. The predicted molar refractivity (Wildman–Crippen MR) is 56.4 cm³/mol. The second-order valence-corrected chi connectivity index (χ2v) is 4.30. The average Bonchev–Trinajstić information content (AvgIpc) is 2.27. The van der Waals surface area contributed by atoms with Crippen molar-refractivity contribution in [2.45, 2.75) is 45.1 Å². The zero-order valence-corrected chi connectivity index (χ0v) is 9.40. The quantitative estimate of drug-likeness (QED) is 0.723. The molecular weight excluding hydrogens is 194 g/mol. The van der Waals surface area contributed by atoms with Crippen LogP contribution >= 0.6 is 0 Å². The lowest BCUT2D eigenvalue weighted by Crippen LogP contribution is -2.42. The number of nitrogens with zero attached hydrogens (tertiary/aromatic N) is 1. The van der Waals surface area contributed by atoms with Crippen molar-refractivity contribution < 1.29 is 14.7 Å². The van der Waals surface area contributed by atoms with Gasteiger partial charge in [0, 0.05) is 13.1 Å². The Hall–Kier alpha value is -1.06. The maximum Gasteiger partial charge on any atom is 0.315 e. The van der Waals surface area contributed by atoms with E-state index in [1.54, 1.807) is 11.9 Å². The SMILES string of the molecule is CC(C(=O)O)C(=O)N(C)C1CCCCC1. The molecule has 1 N–H and O–H groups in total. The van der Waals surface area contributed by atoms with Crippen LogP contribution in [0.1, 0.15) is 39.0 Å². The molecule has 0 radical (unpaired) electrons. The molecule has 1 rings (SSSR count). The Morgan fingerprint density at radius 2 is 1.80 bits per heavy atom. The number of hydrogen-bond acceptors (Lipinski definition) is 2. The number of hydrogen-bond donors (Lipinski definition) is 1. The van der Waals surface area contributed by atoms with Crippen LogP contribution in [0.2, 0.25) is 0 Å². The molecule has 1 atom stereocenters. The molecule has 0 spiro atoms. The van der Waals surface area contributed by atoms with Gasteiger partial charge < -0.3 is 10.0 Å². The number of aliphatic carboxylic acids is 1. The van der Waals surface area contributed by atoms with Crippen LogP contribution in [0.3, 0.4) is 0 Å². The maximum atomic E-state index is 11.7. The highest BCUT2D eigenvalue weighted by Crippen LogP contribution is 2.22. The lowest BCUT2D eigenvalue weighted by atomic mass is 9.94. The van der Waals surface area contributed by atoms with Gasteiger partial charge in [-0.1, -0.05) is 19.3 Å². The van der Waals surface area contributed by atoms with Gasteiger partial charge in [0.2, 0.25) is 5.91 Å². The molecule has 86 valence electrons. The Bertz CT molecular complexity index is 246. The van der Waals surface area contributed by atoms with Crippen LogP contribution in [0.5, 0.6) is 0 Å². The van der Waals surface area contributed by atoms with E-state index in [0.717, 1.165) is 25.7 Å². The first-order valence-electron chi connectivity index (χ1n) is 5.53. The average molecular weight is 213 g/mol. The first-order valence-corrected chi connectivity index (χ1v) is 5.53. The fraction of sp³-hybridized carbons (Fsp3) is 0.818. The maximum absolute atomic E-state index is 11.7. The van der Waals surface area contributed by atoms with E-state index in [0.29, 0.717) is 0 Å². The van der Waals surface area contributed by atoms with E-state index in [4.69, 9.17) is 5.11 Å². The highest BCUT2D eigenvalue weighted by molar-refractivity contribution is 5.96. The molecule has 1 fully saturated rings. The monoisotopic (exact) mass is 213 g/mol. The predicted octanol–water partition coefficient (Wildman–Crippen LogP) is 1.50. The van der Waals surface area contributed by atoms with Crippen molar-refractivity contribution in [1.29, 1.82) is 0 Å². The number of carbonyl (C=O) groups is 2. The van der Waals surface area contributed by atoms with E-state index in [2.05, 4.69) is 0 Å². The summed E-state index contributed by atoms with van der Waals surface area (Å²) in [5.41, 5.74) is 0. The molecule has 0 aromatic carbocycles. The molecule has 0 aromatic rings. The number of carboxylic acids is 1. The second kappa shape index (κ2) is 5.14. The van der Waals surface area contributed by atoms with Gasteiger partial charge in [-0.05, 0) is 19.8 Å². The van der Waals surface area contributed by atoms with Crippen molar-refractivity contribution in [3.63, 3.8) is 0 Å². The summed E-state index contributed by atoms with van der Waals surface area (Å²) in [4.78, 5) is 24.0. The molecule has 0 aromatic heterocycles. The Balaban J connectivity index is 2.54. The Kier molecular flexibility index (Phi) is 4.12. The lowest BCUT2D eigenvalue weighted by Gasteiger charge is -2.32. The topological polar surface area (TPSA) is 57.6 Å². The molecule has 0 heterocycles. The van der Waals surface area contributed by atoms with Gasteiger partial charge in [-0.25, -0.2) is 0 Å². The molecular formula is C11H19NO3. The molecule has 0 saturated heterocycles. The van der Waals surface area contributed by atoms with Crippen LogP contribution in [0, 0.1) is 5.92 Å². The number of carbonyl (C=O) groups excluding carboxylic acids is 1. The van der Waals surface area contributed by atoms with Crippen LogP contribution in [0.4, 0.5) is 0 Å². The first-order chi connectivity index (χ1) is 7.04. The minimum absolute atomic E-state index is 0.244. The minimum atomic E-state index is -1.04. The molecule has 1 unspecified atom stereocenters. The van der Waals surface area contributed by atoms with Crippen molar-refractivity contribution >= 4 is 11.9 Å². The summed E-state index contributed by atoms with van der Waals surface area (Å²) in [6.07, 6.45) is 5.53. The highest BCUT2D eigenvalue weighted by Gasteiger charge is 2.28. The van der Waals surface area contributed by atoms with Crippen LogP contribution < -0.4 is 0 Å². The molecule has 1 aliphatic rings. The standard InChI is InChI=1S/C11H19NO3/c1-8(11(14)15)10(13)12(2)9-6-4-3-5-7-9/h8-9H,3-7H2,1-2H3,(H,14,15). The van der Waals surface area contributed by atoms with Crippen LogP contribution in [-0.4, -0.2) is 35.0 Å². The highest BCUT2D eigenvalue weighted by atomic mass is 16.4. The van der Waals surface area contributed by atoms with Gasteiger partial charge in [0.1, 0.15) is 5.92 Å². The Labute approximate surface area is 90.3 Å². The van der Waals surface area contributed by atoms with Gasteiger partial charge in [-0.3, -0.25) is 9.59 Å². The summed E-state index contributed by atoms with van der Waals surface area (Å²) in [6.45, 7) is 1.45. The molecule has 0 bridgehead atoms. The third kappa shape index (κ3) is 2.94. The summed E-state index contributed by atoms with van der Waals surface area (Å²) in [5.74, 6) is -2.23. The third-order valence-electron chi connectivity index (χ3n) is 3.21. The Morgan fingerprint density at radius 3 is 2.27 bits per heavy atom. The van der Waals surface area contributed by atoms with Crippen molar-refractivity contribution in [3.8, 4) is 0 Å². The molecule has 1 saturated carbocycles. The largest absolute Gasteiger partial charge is 0.481 e. The van der Waals surface area contributed by atoms with E-state index in [1.165, 1.54) is 13.3 Å². The number of carboxylic acid groups (broad SMARTS) is 1. The van der Waals surface area contributed by atoms with Gasteiger partial charge >= 0.3 is 5.97 Å². The zero-order valence-electron chi connectivity index (χ0n) is 9.40. The summed E-state index contributed by atoms with van der Waals surface area (Å²) < 4.78 is 0. The lowest BCUT2D eigenvalue weighted by molar-refractivity contribution is -0.150. The second-order valence-electron chi connectivity index (χ2n) is 4.30. The third-order valence-corrected chi connectivity index (χ3v) is 3.21. The molecule has 4 nitrogen and oxygen atoms in total. The van der Waals surface area contributed by atoms with E-state index in [-0.39, 0.29) is 11.9 Å². The van der Waals surface area contributed by atoms with E-state index >= 15 is 0 Å². The van der Waals surface area contributed by atoms with Crippen LogP contribution in [-0.2, 0) is 9.59 Å². The summed E-state index contributed by atoms with van der Waals surface area (Å²) in [7, 11) is 1.72. The molecule has 1 amide bonds. The summed E-state index contributed by atoms with van der Waals surface area (Å²) in [6, 6.07) is 0.244.